The number of hydrogen-bond acceptors (Lipinski definition) is 8. The fraction of sp³-hybridized carbons (Fsp3) is 0.611. The molecule has 3 aromatic heterocycles. The van der Waals surface area contributed by atoms with Crippen molar-refractivity contribution in [1.82, 2.24) is 34.9 Å². The maximum atomic E-state index is 5.37. The highest BCUT2D eigenvalue weighted by Gasteiger charge is 2.30. The number of likely N-dealkylation sites (tertiary alicyclic amines) is 1. The zero-order chi connectivity index (χ0) is 18.4. The summed E-state index contributed by atoms with van der Waals surface area (Å²) in [6.07, 6.45) is 4.43. The van der Waals surface area contributed by atoms with Gasteiger partial charge in [-0.25, -0.2) is 0 Å². The minimum Gasteiger partial charge on any atom is -0.361 e. The Balaban J connectivity index is 1.25. The normalized spacial score (nSPS) is 19.0. The molecule has 0 N–H and O–H groups in total. The van der Waals surface area contributed by atoms with Crippen molar-refractivity contribution in [2.45, 2.75) is 44.1 Å². The van der Waals surface area contributed by atoms with E-state index in [2.05, 4.69) is 25.2 Å². The molecule has 5 rings (SSSR count). The minimum atomic E-state index is 0.369. The Morgan fingerprint density at radius 2 is 1.89 bits per heavy atom. The number of nitrogens with zero attached hydrogens (tertiary/aromatic N) is 8. The summed E-state index contributed by atoms with van der Waals surface area (Å²) in [6.45, 7) is 2.73. The van der Waals surface area contributed by atoms with Gasteiger partial charge in [-0.15, -0.1) is 15.3 Å². The molecule has 3 aromatic rings. The van der Waals surface area contributed by atoms with Gasteiger partial charge in [0.1, 0.15) is 5.82 Å². The summed E-state index contributed by atoms with van der Waals surface area (Å²) < 4.78 is 7.27. The van der Waals surface area contributed by atoms with Crippen LogP contribution in [-0.2, 0) is 6.54 Å². The maximum Gasteiger partial charge on any atom is 0.229 e. The van der Waals surface area contributed by atoms with E-state index in [0.717, 1.165) is 61.5 Å². The topological polar surface area (TPSA) is 88.5 Å². The van der Waals surface area contributed by atoms with E-state index in [1.807, 2.05) is 35.6 Å². The van der Waals surface area contributed by atoms with Gasteiger partial charge >= 0.3 is 0 Å². The van der Waals surface area contributed by atoms with Crippen molar-refractivity contribution in [2.75, 3.05) is 32.1 Å². The lowest BCUT2D eigenvalue weighted by atomic mass is 9.96. The van der Waals surface area contributed by atoms with Crippen molar-refractivity contribution in [2.24, 2.45) is 0 Å². The molecule has 9 nitrogen and oxygen atoms in total. The highest BCUT2D eigenvalue weighted by Crippen LogP contribution is 2.39. The smallest absolute Gasteiger partial charge is 0.229 e. The predicted octanol–water partition coefficient (Wildman–Crippen LogP) is 1.83. The lowest BCUT2D eigenvalue weighted by Gasteiger charge is -2.30. The van der Waals surface area contributed by atoms with Gasteiger partial charge in [0.05, 0.1) is 6.54 Å². The molecule has 142 valence electrons. The molecule has 0 bridgehead atoms. The van der Waals surface area contributed by atoms with Gasteiger partial charge in [0.2, 0.25) is 5.89 Å². The fourth-order valence-corrected chi connectivity index (χ4v) is 3.67. The highest BCUT2D eigenvalue weighted by atomic mass is 16.5. The quantitative estimate of drug-likeness (QED) is 0.674. The zero-order valence-corrected chi connectivity index (χ0v) is 15.7. The lowest BCUT2D eigenvalue weighted by molar-refractivity contribution is 0.194. The molecule has 2 fully saturated rings. The van der Waals surface area contributed by atoms with E-state index >= 15 is 0 Å². The molecule has 1 aliphatic heterocycles. The van der Waals surface area contributed by atoms with E-state index in [4.69, 9.17) is 9.62 Å². The third kappa shape index (κ3) is 3.27. The fourth-order valence-electron chi connectivity index (χ4n) is 3.67. The highest BCUT2D eigenvalue weighted by molar-refractivity contribution is 5.45. The number of anilines is 1. The van der Waals surface area contributed by atoms with Crippen LogP contribution >= 0.6 is 0 Å². The van der Waals surface area contributed by atoms with Crippen LogP contribution in [-0.4, -0.2) is 62.0 Å². The van der Waals surface area contributed by atoms with Gasteiger partial charge in [0.25, 0.3) is 0 Å². The Morgan fingerprint density at radius 1 is 1.07 bits per heavy atom. The first-order chi connectivity index (χ1) is 13.2. The van der Waals surface area contributed by atoms with E-state index in [1.165, 1.54) is 12.8 Å². The summed E-state index contributed by atoms with van der Waals surface area (Å²) in [5.74, 6) is 4.37. The molecular formula is C18H24N8O. The first-order valence-electron chi connectivity index (χ1n) is 9.62. The van der Waals surface area contributed by atoms with Gasteiger partial charge in [0, 0.05) is 25.9 Å². The van der Waals surface area contributed by atoms with Crippen LogP contribution in [0.1, 0.15) is 55.1 Å². The zero-order valence-electron chi connectivity index (χ0n) is 15.7. The molecule has 27 heavy (non-hydrogen) atoms. The monoisotopic (exact) mass is 368 g/mol. The molecular weight excluding hydrogens is 344 g/mol. The van der Waals surface area contributed by atoms with Crippen molar-refractivity contribution in [3.05, 3.63) is 29.7 Å². The van der Waals surface area contributed by atoms with Gasteiger partial charge in [0.15, 0.2) is 17.3 Å². The van der Waals surface area contributed by atoms with Crippen LogP contribution in [0.2, 0.25) is 0 Å². The molecule has 2 aliphatic rings. The van der Waals surface area contributed by atoms with Crippen LogP contribution in [0.25, 0.3) is 5.65 Å². The average Bonchev–Trinajstić information content (AvgIpc) is 3.28. The van der Waals surface area contributed by atoms with Crippen molar-refractivity contribution in [1.29, 1.82) is 0 Å². The van der Waals surface area contributed by atoms with Crippen LogP contribution in [0.4, 0.5) is 5.82 Å². The lowest BCUT2D eigenvalue weighted by Crippen LogP contribution is -2.33. The summed E-state index contributed by atoms with van der Waals surface area (Å²) >= 11 is 0. The molecule has 4 heterocycles. The van der Waals surface area contributed by atoms with E-state index in [0.29, 0.717) is 11.8 Å². The average molecular weight is 368 g/mol. The number of hydrogen-bond donors (Lipinski definition) is 0. The van der Waals surface area contributed by atoms with Gasteiger partial charge in [-0.2, -0.15) is 9.50 Å². The summed E-state index contributed by atoms with van der Waals surface area (Å²) in [4.78, 5) is 8.92. The number of rotatable bonds is 5. The van der Waals surface area contributed by atoms with Crippen molar-refractivity contribution in [3.8, 4) is 0 Å². The molecule has 0 amide bonds. The third-order valence-electron chi connectivity index (χ3n) is 5.46. The molecule has 1 saturated carbocycles. The van der Waals surface area contributed by atoms with Crippen LogP contribution in [0.5, 0.6) is 0 Å². The van der Waals surface area contributed by atoms with Gasteiger partial charge in [-0.1, -0.05) is 5.16 Å². The summed E-state index contributed by atoms with van der Waals surface area (Å²) in [5, 5.41) is 17.6. The van der Waals surface area contributed by atoms with E-state index < -0.39 is 0 Å². The second-order valence-electron chi connectivity index (χ2n) is 7.79. The molecule has 0 radical (unpaired) electrons. The number of aromatic nitrogens is 6. The summed E-state index contributed by atoms with van der Waals surface area (Å²) in [6, 6.07) is 3.94. The van der Waals surface area contributed by atoms with Gasteiger partial charge in [-0.05, 0) is 50.9 Å². The number of fused-ring (bicyclic) bond motifs is 1. The second-order valence-corrected chi connectivity index (χ2v) is 7.79. The largest absolute Gasteiger partial charge is 0.361 e. The van der Waals surface area contributed by atoms with Crippen molar-refractivity contribution < 1.29 is 4.52 Å². The molecule has 0 spiro atoms. The molecule has 1 aliphatic carbocycles. The SMILES string of the molecule is CN(C)c1ccc2nnc(C3CCN(Cc4noc(C5CC5)n4)CC3)n2n1. The minimum absolute atomic E-state index is 0.369. The maximum absolute atomic E-state index is 5.37. The van der Waals surface area contributed by atoms with Crippen molar-refractivity contribution in [3.63, 3.8) is 0 Å². The standard InChI is InChI=1S/C18H24N8O/c1-24(2)16-6-5-15-20-21-17(26(15)22-16)12-7-9-25(10-8-12)11-14-19-18(27-23-14)13-3-4-13/h5-6,12-13H,3-4,7-11H2,1-2H3. The molecule has 0 unspecified atom stereocenters. The van der Waals surface area contributed by atoms with Crippen molar-refractivity contribution >= 4 is 11.5 Å². The first-order valence-corrected chi connectivity index (χ1v) is 9.62. The Labute approximate surface area is 157 Å². The first kappa shape index (κ1) is 16.6. The molecule has 9 heteroatoms. The Hall–Kier alpha value is -2.55. The van der Waals surface area contributed by atoms with E-state index in [9.17, 15) is 0 Å². The summed E-state index contributed by atoms with van der Waals surface area (Å²) in [7, 11) is 3.98. The predicted molar refractivity (Wildman–Crippen MR) is 98.6 cm³/mol. The molecule has 0 atom stereocenters. The molecule has 1 saturated heterocycles. The van der Waals surface area contributed by atoms with Gasteiger partial charge < -0.3 is 9.42 Å². The Kier molecular flexibility index (Phi) is 4.04. The van der Waals surface area contributed by atoms with Crippen LogP contribution < -0.4 is 4.90 Å². The third-order valence-corrected chi connectivity index (χ3v) is 5.46. The number of piperidine rings is 1. The van der Waals surface area contributed by atoms with Crippen LogP contribution in [0.15, 0.2) is 16.7 Å². The van der Waals surface area contributed by atoms with E-state index in [1.54, 1.807) is 0 Å². The Morgan fingerprint density at radius 3 is 2.63 bits per heavy atom. The van der Waals surface area contributed by atoms with Crippen LogP contribution in [0.3, 0.4) is 0 Å². The Bertz CT molecular complexity index is 936. The summed E-state index contributed by atoms with van der Waals surface area (Å²) in [5.41, 5.74) is 0.803. The van der Waals surface area contributed by atoms with Crippen LogP contribution in [0, 0.1) is 0 Å². The molecule has 0 aromatic carbocycles. The van der Waals surface area contributed by atoms with E-state index in [-0.39, 0.29) is 0 Å². The van der Waals surface area contributed by atoms with Gasteiger partial charge in [-0.3, -0.25) is 4.90 Å². The second kappa shape index (κ2) is 6.56.